The van der Waals surface area contributed by atoms with Crippen molar-refractivity contribution in [2.45, 2.75) is 103 Å². The maximum absolute atomic E-state index is 11.7. The summed E-state index contributed by atoms with van der Waals surface area (Å²) in [5.41, 5.74) is -0.501. The fourth-order valence-electron chi connectivity index (χ4n) is 9.25. The first kappa shape index (κ1) is 22.4. The van der Waals surface area contributed by atoms with E-state index in [0.29, 0.717) is 23.9 Å². The zero-order chi connectivity index (χ0) is 22.7. The molecule has 2 N–H and O–H groups in total. The zero-order valence-corrected chi connectivity index (χ0v) is 20.1. The van der Waals surface area contributed by atoms with Crippen molar-refractivity contribution in [2.24, 2.45) is 40.9 Å². The van der Waals surface area contributed by atoms with E-state index in [1.54, 1.807) is 17.1 Å². The number of nitrogens with zero attached hydrogens (tertiary/aromatic N) is 3. The van der Waals surface area contributed by atoms with Crippen molar-refractivity contribution in [3.05, 3.63) is 18.0 Å². The summed E-state index contributed by atoms with van der Waals surface area (Å²) < 4.78 is 1.75. The Balaban J connectivity index is 1.32. The third kappa shape index (κ3) is 3.53. The standard InChI is InChI=1S/C27H41N3O2/c1-4-27(32)12-10-20-19(13-27)5-6-22-21(20)9-11-25(2)23(22)7-8-24(25)26(3,31)17-30-16-18(14-28)15-29-30/h15-16,19-24,31-32H,4-13,17H2,1-3H3/t19-,20+,21-,22-,23+,24+,25+,26-,27-/m1/s1. The third-order valence-corrected chi connectivity index (χ3v) is 10.8. The van der Waals surface area contributed by atoms with Crippen LogP contribution in [-0.4, -0.2) is 31.2 Å². The Morgan fingerprint density at radius 1 is 1.16 bits per heavy atom. The van der Waals surface area contributed by atoms with Gasteiger partial charge in [0.05, 0.1) is 29.5 Å². The van der Waals surface area contributed by atoms with Gasteiger partial charge in [-0.05, 0) is 112 Å². The lowest BCUT2D eigenvalue weighted by atomic mass is 9.48. The van der Waals surface area contributed by atoms with Crippen LogP contribution in [0.4, 0.5) is 0 Å². The SMILES string of the molecule is CC[C@@]1(O)CC[C@H]2[C@H](CC[C@@H]3[C@@H]2CC[C@@]2(C)[C@H]3CC[C@@H]2[C@](C)(O)Cn2cc(C#N)cn2)C1. The quantitative estimate of drug-likeness (QED) is 0.698. The van der Waals surface area contributed by atoms with Crippen molar-refractivity contribution in [2.75, 3.05) is 0 Å². The van der Waals surface area contributed by atoms with Crippen LogP contribution in [-0.2, 0) is 6.54 Å². The summed E-state index contributed by atoms with van der Waals surface area (Å²) in [5.74, 6) is 4.11. The first-order valence-electron chi connectivity index (χ1n) is 13.1. The van der Waals surface area contributed by atoms with E-state index in [0.717, 1.165) is 43.4 Å². The summed E-state index contributed by atoms with van der Waals surface area (Å²) in [5, 5.41) is 36.0. The number of rotatable bonds is 4. The molecule has 5 heteroatoms. The van der Waals surface area contributed by atoms with E-state index in [1.807, 2.05) is 6.92 Å². The smallest absolute Gasteiger partial charge is 0.102 e. The molecule has 1 aromatic heterocycles. The van der Waals surface area contributed by atoms with Crippen molar-refractivity contribution in [1.82, 2.24) is 9.78 Å². The normalized spacial score (nSPS) is 45.2. The molecule has 5 rings (SSSR count). The third-order valence-electron chi connectivity index (χ3n) is 10.8. The highest BCUT2D eigenvalue weighted by Gasteiger charge is 2.60. The van der Waals surface area contributed by atoms with Gasteiger partial charge in [0.2, 0.25) is 0 Å². The molecule has 0 amide bonds. The molecule has 4 saturated carbocycles. The summed E-state index contributed by atoms with van der Waals surface area (Å²) in [6, 6.07) is 2.14. The summed E-state index contributed by atoms with van der Waals surface area (Å²) in [6.45, 7) is 7.06. The summed E-state index contributed by atoms with van der Waals surface area (Å²) >= 11 is 0. The predicted molar refractivity (Wildman–Crippen MR) is 123 cm³/mol. The lowest BCUT2D eigenvalue weighted by Crippen LogP contribution is -2.53. The molecule has 0 bridgehead atoms. The molecule has 4 aliphatic rings. The van der Waals surface area contributed by atoms with Gasteiger partial charge in [-0.2, -0.15) is 10.4 Å². The van der Waals surface area contributed by atoms with Crippen molar-refractivity contribution >= 4 is 0 Å². The summed E-state index contributed by atoms with van der Waals surface area (Å²) in [4.78, 5) is 0. The predicted octanol–water partition coefficient (Wildman–Crippen LogP) is 4.92. The second-order valence-electron chi connectivity index (χ2n) is 12.3. The van der Waals surface area contributed by atoms with Gasteiger partial charge in [-0.3, -0.25) is 4.68 Å². The average molecular weight is 440 g/mol. The minimum Gasteiger partial charge on any atom is -0.390 e. The Kier molecular flexibility index (Phi) is 5.49. The molecule has 0 unspecified atom stereocenters. The van der Waals surface area contributed by atoms with Crippen molar-refractivity contribution in [1.29, 1.82) is 5.26 Å². The molecule has 0 saturated heterocycles. The molecule has 0 radical (unpaired) electrons. The van der Waals surface area contributed by atoms with Gasteiger partial charge in [-0.1, -0.05) is 13.8 Å². The molecule has 1 aromatic rings. The molecule has 4 fully saturated rings. The van der Waals surface area contributed by atoms with E-state index in [2.05, 4.69) is 25.0 Å². The fourth-order valence-corrected chi connectivity index (χ4v) is 9.25. The van der Waals surface area contributed by atoms with Crippen LogP contribution >= 0.6 is 0 Å². The molecule has 0 aromatic carbocycles. The van der Waals surface area contributed by atoms with Crippen LogP contribution in [0.5, 0.6) is 0 Å². The Morgan fingerprint density at radius 2 is 1.94 bits per heavy atom. The van der Waals surface area contributed by atoms with E-state index in [1.165, 1.54) is 38.5 Å². The van der Waals surface area contributed by atoms with Gasteiger partial charge >= 0.3 is 0 Å². The van der Waals surface area contributed by atoms with Gasteiger partial charge in [0.25, 0.3) is 0 Å². The molecule has 0 aliphatic heterocycles. The van der Waals surface area contributed by atoms with Gasteiger partial charge in [0, 0.05) is 6.20 Å². The van der Waals surface area contributed by atoms with Crippen LogP contribution in [0.2, 0.25) is 0 Å². The minimum atomic E-state index is -0.825. The number of aliphatic hydroxyl groups is 2. The maximum atomic E-state index is 11.7. The molecule has 4 aliphatic carbocycles. The van der Waals surface area contributed by atoms with Crippen LogP contribution < -0.4 is 0 Å². The highest BCUT2D eigenvalue weighted by atomic mass is 16.3. The fraction of sp³-hybridized carbons (Fsp3) is 0.852. The van der Waals surface area contributed by atoms with E-state index in [9.17, 15) is 10.2 Å². The average Bonchev–Trinajstić information content (AvgIpc) is 3.36. The second-order valence-corrected chi connectivity index (χ2v) is 12.3. The van der Waals surface area contributed by atoms with Gasteiger partial charge in [-0.15, -0.1) is 0 Å². The van der Waals surface area contributed by atoms with E-state index < -0.39 is 11.2 Å². The number of fused-ring (bicyclic) bond motifs is 5. The number of hydrogen-bond acceptors (Lipinski definition) is 4. The first-order chi connectivity index (χ1) is 15.2. The molecule has 32 heavy (non-hydrogen) atoms. The van der Waals surface area contributed by atoms with Crippen LogP contribution in [0, 0.1) is 52.3 Å². The van der Waals surface area contributed by atoms with E-state index >= 15 is 0 Å². The van der Waals surface area contributed by atoms with Crippen molar-refractivity contribution in [3.63, 3.8) is 0 Å². The van der Waals surface area contributed by atoms with Gasteiger partial charge in [0.1, 0.15) is 6.07 Å². The van der Waals surface area contributed by atoms with Crippen LogP contribution in [0.1, 0.15) is 90.5 Å². The molecule has 1 heterocycles. The van der Waals surface area contributed by atoms with Crippen LogP contribution in [0.3, 0.4) is 0 Å². The molecular weight excluding hydrogens is 398 g/mol. The van der Waals surface area contributed by atoms with Gasteiger partial charge in [0.15, 0.2) is 0 Å². The Labute approximate surface area is 193 Å². The monoisotopic (exact) mass is 439 g/mol. The molecule has 0 spiro atoms. The lowest BCUT2D eigenvalue weighted by Gasteiger charge is -2.58. The largest absolute Gasteiger partial charge is 0.390 e. The topological polar surface area (TPSA) is 82.1 Å². The van der Waals surface area contributed by atoms with Gasteiger partial charge in [-0.25, -0.2) is 0 Å². The molecule has 9 atom stereocenters. The number of aromatic nitrogens is 2. The maximum Gasteiger partial charge on any atom is 0.102 e. The zero-order valence-electron chi connectivity index (χ0n) is 20.1. The Morgan fingerprint density at radius 3 is 2.66 bits per heavy atom. The van der Waals surface area contributed by atoms with Crippen LogP contribution in [0.15, 0.2) is 12.4 Å². The molecule has 5 nitrogen and oxygen atoms in total. The molecular formula is C27H41N3O2. The van der Waals surface area contributed by atoms with E-state index in [-0.39, 0.29) is 11.3 Å². The summed E-state index contributed by atoms with van der Waals surface area (Å²) in [7, 11) is 0. The highest BCUT2D eigenvalue weighted by Crippen LogP contribution is 2.66. The lowest BCUT2D eigenvalue weighted by molar-refractivity contribution is -0.129. The highest BCUT2D eigenvalue weighted by molar-refractivity contribution is 5.21. The summed E-state index contributed by atoms with van der Waals surface area (Å²) in [6.07, 6.45) is 14.9. The second kappa shape index (κ2) is 7.84. The Hall–Kier alpha value is -1.38. The van der Waals surface area contributed by atoms with Crippen LogP contribution in [0.25, 0.3) is 0 Å². The number of hydrogen-bond donors (Lipinski definition) is 2. The Bertz CT molecular complexity index is 888. The van der Waals surface area contributed by atoms with E-state index in [4.69, 9.17) is 5.26 Å². The molecule has 176 valence electrons. The van der Waals surface area contributed by atoms with Gasteiger partial charge < -0.3 is 10.2 Å². The number of nitriles is 1. The van der Waals surface area contributed by atoms with Crippen molar-refractivity contribution < 1.29 is 10.2 Å². The van der Waals surface area contributed by atoms with Crippen molar-refractivity contribution in [3.8, 4) is 6.07 Å². The first-order valence-corrected chi connectivity index (χ1v) is 13.1. The minimum absolute atomic E-state index is 0.182.